The first kappa shape index (κ1) is 25.5. The zero-order chi connectivity index (χ0) is 24.1. The van der Waals surface area contributed by atoms with Gasteiger partial charge in [-0.25, -0.2) is 17.9 Å². The van der Waals surface area contributed by atoms with E-state index in [1.807, 2.05) is 0 Å². The summed E-state index contributed by atoms with van der Waals surface area (Å²) in [5.41, 5.74) is 0.861. The molecule has 32 heavy (non-hydrogen) atoms. The van der Waals surface area contributed by atoms with Gasteiger partial charge in [-0.2, -0.15) is 0 Å². The fraction of sp³-hybridized carbons (Fsp3) is 0.400. The number of non-ortho nitro benzene ring substituents is 1. The van der Waals surface area contributed by atoms with Crippen LogP contribution in [0.1, 0.15) is 31.7 Å². The number of nitrogens with zero attached hydrogens (tertiary/aromatic N) is 1. The number of Topliss-reactive ketones (excluding diaryl/α,β-unsaturated/α-hetero) is 1. The van der Waals surface area contributed by atoms with Gasteiger partial charge in [0.25, 0.3) is 5.69 Å². The molecule has 1 aliphatic heterocycles. The van der Waals surface area contributed by atoms with E-state index in [1.165, 1.54) is 31.3 Å². The molecule has 2 rings (SSSR count). The minimum absolute atomic E-state index is 0.0132. The van der Waals surface area contributed by atoms with Crippen LogP contribution in [-0.4, -0.2) is 50.4 Å². The smallest absolute Gasteiger partial charge is 0.336 e. The molecule has 0 spiro atoms. The lowest BCUT2D eigenvalue weighted by atomic mass is 9.79. The molecule has 2 N–H and O–H groups in total. The van der Waals surface area contributed by atoms with Crippen LogP contribution in [0.3, 0.4) is 0 Å². The third-order valence-corrected chi connectivity index (χ3v) is 6.37. The molecule has 1 aliphatic rings. The maximum Gasteiger partial charge on any atom is 0.336 e. The van der Waals surface area contributed by atoms with Crippen LogP contribution in [0, 0.1) is 10.1 Å². The largest absolute Gasteiger partial charge is 0.462 e. The average Bonchev–Trinajstić information content (AvgIpc) is 2.72. The molecule has 0 aliphatic carbocycles. The van der Waals surface area contributed by atoms with Gasteiger partial charge in [0.05, 0.1) is 17.1 Å². The van der Waals surface area contributed by atoms with E-state index in [9.17, 15) is 28.1 Å². The summed E-state index contributed by atoms with van der Waals surface area (Å²) in [6.07, 6.45) is 0.412. The van der Waals surface area contributed by atoms with Crippen molar-refractivity contribution >= 4 is 39.1 Å². The summed E-state index contributed by atoms with van der Waals surface area (Å²) in [7, 11) is -2.72. The third-order valence-electron chi connectivity index (χ3n) is 4.84. The number of esters is 1. The number of carbonyl (C=O) groups is 2. The lowest BCUT2D eigenvalue weighted by Crippen LogP contribution is -2.35. The first-order valence-corrected chi connectivity index (χ1v) is 11.8. The van der Waals surface area contributed by atoms with Gasteiger partial charge in [-0.1, -0.05) is 12.1 Å². The predicted octanol–water partition coefficient (Wildman–Crippen LogP) is 2.12. The van der Waals surface area contributed by atoms with E-state index in [0.29, 0.717) is 17.8 Å². The summed E-state index contributed by atoms with van der Waals surface area (Å²) in [6, 6.07) is 5.50. The summed E-state index contributed by atoms with van der Waals surface area (Å²) in [6.45, 7) is 3.22. The van der Waals surface area contributed by atoms with Gasteiger partial charge in [-0.15, -0.1) is 11.6 Å². The molecule has 0 saturated heterocycles. The SMILES string of the molecule is CNS(=O)(=O)CC(=O)C1=C(C)NC(C)=C(C(=O)OCCCCl)C1c1cccc([N+](=O)[O-])c1. The van der Waals surface area contributed by atoms with Gasteiger partial charge in [0.15, 0.2) is 5.78 Å². The Labute approximate surface area is 190 Å². The highest BCUT2D eigenvalue weighted by Crippen LogP contribution is 2.40. The number of alkyl halides is 1. The Morgan fingerprint density at radius 3 is 2.50 bits per heavy atom. The second-order valence-electron chi connectivity index (χ2n) is 7.05. The van der Waals surface area contributed by atoms with Gasteiger partial charge in [0.1, 0.15) is 5.75 Å². The number of sulfonamides is 1. The lowest BCUT2D eigenvalue weighted by molar-refractivity contribution is -0.384. The number of nitro benzene ring substituents is 1. The van der Waals surface area contributed by atoms with Crippen molar-refractivity contribution in [3.63, 3.8) is 0 Å². The van der Waals surface area contributed by atoms with Crippen LogP contribution in [0.2, 0.25) is 0 Å². The normalized spacial score (nSPS) is 16.6. The highest BCUT2D eigenvalue weighted by molar-refractivity contribution is 7.90. The van der Waals surface area contributed by atoms with Crippen LogP contribution in [0.15, 0.2) is 46.8 Å². The van der Waals surface area contributed by atoms with Gasteiger partial charge < -0.3 is 10.1 Å². The van der Waals surface area contributed by atoms with Crippen LogP contribution in [0.25, 0.3) is 0 Å². The summed E-state index contributed by atoms with van der Waals surface area (Å²) in [5.74, 6) is -3.11. The van der Waals surface area contributed by atoms with Crippen molar-refractivity contribution < 1.29 is 27.7 Å². The zero-order valence-electron chi connectivity index (χ0n) is 17.8. The van der Waals surface area contributed by atoms with Crippen LogP contribution >= 0.6 is 11.6 Å². The monoisotopic (exact) mass is 485 g/mol. The predicted molar refractivity (Wildman–Crippen MR) is 119 cm³/mol. The average molecular weight is 486 g/mol. The Morgan fingerprint density at radius 2 is 1.91 bits per heavy atom. The Bertz CT molecular complexity index is 1100. The second-order valence-corrected chi connectivity index (χ2v) is 9.36. The summed E-state index contributed by atoms with van der Waals surface area (Å²) in [5, 5.41) is 14.2. The molecule has 12 heteroatoms. The number of ketones is 1. The van der Waals surface area contributed by atoms with Crippen molar-refractivity contribution in [2.45, 2.75) is 26.2 Å². The lowest BCUT2D eigenvalue weighted by Gasteiger charge is -2.31. The molecule has 0 fully saturated rings. The standard InChI is InChI=1S/C20H24ClN3O7S/c1-12-17(16(25)11-32(29,30)22-3)19(14-6-4-7-15(10-14)24(27)28)18(13(2)23-12)20(26)31-9-5-8-21/h4,6-7,10,19,22-23H,5,8-9,11H2,1-3H3. The number of allylic oxidation sites excluding steroid dienone is 3. The number of benzene rings is 1. The summed E-state index contributed by atoms with van der Waals surface area (Å²) >= 11 is 5.64. The minimum atomic E-state index is -3.90. The Kier molecular flexibility index (Phi) is 8.53. The topological polar surface area (TPSA) is 145 Å². The highest BCUT2D eigenvalue weighted by Gasteiger charge is 2.38. The minimum Gasteiger partial charge on any atom is -0.462 e. The van der Waals surface area contributed by atoms with Crippen molar-refractivity contribution in [1.82, 2.24) is 10.0 Å². The fourth-order valence-corrected chi connectivity index (χ4v) is 4.16. The van der Waals surface area contributed by atoms with Gasteiger partial charge in [-0.05, 0) is 32.9 Å². The molecule has 0 bridgehead atoms. The number of carbonyl (C=O) groups excluding carboxylic acids is 2. The maximum absolute atomic E-state index is 13.1. The molecular formula is C20H24ClN3O7S. The first-order valence-electron chi connectivity index (χ1n) is 9.62. The van der Waals surface area contributed by atoms with Crippen LogP contribution in [0.5, 0.6) is 0 Å². The van der Waals surface area contributed by atoms with Gasteiger partial charge >= 0.3 is 5.97 Å². The van der Waals surface area contributed by atoms with E-state index in [4.69, 9.17) is 16.3 Å². The highest BCUT2D eigenvalue weighted by atomic mass is 35.5. The summed E-state index contributed by atoms with van der Waals surface area (Å²) in [4.78, 5) is 36.7. The molecule has 174 valence electrons. The van der Waals surface area contributed by atoms with Crippen molar-refractivity contribution in [3.8, 4) is 0 Å². The summed E-state index contributed by atoms with van der Waals surface area (Å²) < 4.78 is 31.4. The zero-order valence-corrected chi connectivity index (χ0v) is 19.4. The van der Waals surface area contributed by atoms with Crippen molar-refractivity contribution in [3.05, 3.63) is 62.5 Å². The number of nitrogens with one attached hydrogen (secondary N) is 2. The third kappa shape index (κ3) is 5.93. The van der Waals surface area contributed by atoms with Gasteiger partial charge in [0, 0.05) is 40.9 Å². The Morgan fingerprint density at radius 1 is 1.25 bits per heavy atom. The van der Waals surface area contributed by atoms with E-state index < -0.39 is 38.4 Å². The number of halogens is 1. The first-order chi connectivity index (χ1) is 15.0. The number of dihydropyridines is 1. The molecule has 1 aromatic carbocycles. The van der Waals surface area contributed by atoms with Gasteiger partial charge in [-0.3, -0.25) is 14.9 Å². The Balaban J connectivity index is 2.64. The molecule has 0 radical (unpaired) electrons. The number of hydrogen-bond donors (Lipinski definition) is 2. The van der Waals surface area contributed by atoms with E-state index in [1.54, 1.807) is 13.8 Å². The van der Waals surface area contributed by atoms with E-state index in [0.717, 1.165) is 0 Å². The quantitative estimate of drug-likeness (QED) is 0.168. The van der Waals surface area contributed by atoms with Crippen molar-refractivity contribution in [2.24, 2.45) is 0 Å². The van der Waals surface area contributed by atoms with Crippen LogP contribution in [-0.2, 0) is 24.3 Å². The molecule has 0 aromatic heterocycles. The van der Waals surface area contributed by atoms with E-state index in [2.05, 4.69) is 10.0 Å². The molecule has 1 unspecified atom stereocenters. The number of rotatable bonds is 10. The maximum atomic E-state index is 13.1. The molecule has 1 heterocycles. The van der Waals surface area contributed by atoms with E-state index >= 15 is 0 Å². The number of nitro groups is 1. The van der Waals surface area contributed by atoms with E-state index in [-0.39, 0.29) is 34.9 Å². The molecule has 10 nitrogen and oxygen atoms in total. The molecule has 1 atom stereocenters. The number of ether oxygens (including phenoxy) is 1. The fourth-order valence-electron chi connectivity index (χ4n) is 3.41. The van der Waals surface area contributed by atoms with Crippen LogP contribution < -0.4 is 10.0 Å². The Hall–Kier alpha value is -2.76. The number of hydrogen-bond acceptors (Lipinski definition) is 8. The van der Waals surface area contributed by atoms with Crippen molar-refractivity contribution in [2.75, 3.05) is 25.3 Å². The van der Waals surface area contributed by atoms with Crippen LogP contribution in [0.4, 0.5) is 5.69 Å². The second kappa shape index (κ2) is 10.7. The molecule has 1 aromatic rings. The van der Waals surface area contributed by atoms with Gasteiger partial charge in [0.2, 0.25) is 10.0 Å². The van der Waals surface area contributed by atoms with Crippen molar-refractivity contribution in [1.29, 1.82) is 0 Å². The molecular weight excluding hydrogens is 462 g/mol. The molecule has 0 amide bonds. The molecule has 0 saturated carbocycles.